The molecule has 0 aliphatic rings. The topological polar surface area (TPSA) is 81.4 Å². The summed E-state index contributed by atoms with van der Waals surface area (Å²) in [5, 5.41) is 1.92. The number of amides is 2. The van der Waals surface area contributed by atoms with Crippen molar-refractivity contribution in [3.8, 4) is 0 Å². The highest BCUT2D eigenvalue weighted by atomic mass is 32.1. The number of urea groups is 1. The number of primary amides is 1. The fourth-order valence-electron chi connectivity index (χ4n) is 0.360. The number of hydrogen-bond donors (Lipinski definition) is 2. The van der Waals surface area contributed by atoms with Crippen LogP contribution in [0.5, 0.6) is 0 Å². The second kappa shape index (κ2) is 4.62. The van der Waals surface area contributed by atoms with Crippen LogP contribution < -0.4 is 11.1 Å². The van der Waals surface area contributed by atoms with Crippen LogP contribution in [0.2, 0.25) is 0 Å². The summed E-state index contributed by atoms with van der Waals surface area (Å²) in [5.74, 6) is -0.749. The zero-order valence-corrected chi connectivity index (χ0v) is 6.73. The Morgan fingerprint density at radius 1 is 1.64 bits per heavy atom. The van der Waals surface area contributed by atoms with E-state index in [1.165, 1.54) is 0 Å². The summed E-state index contributed by atoms with van der Waals surface area (Å²) >= 11 is 4.43. The van der Waals surface area contributed by atoms with E-state index in [1.807, 2.05) is 5.32 Å². The smallest absolute Gasteiger partial charge is 0.366 e. The van der Waals surface area contributed by atoms with Gasteiger partial charge >= 0.3 is 12.0 Å². The molecule has 0 aliphatic heterocycles. The molecule has 0 radical (unpaired) electrons. The Kier molecular flexibility index (Phi) is 4.12. The van der Waals surface area contributed by atoms with Gasteiger partial charge < -0.3 is 10.5 Å². The predicted molar refractivity (Wildman–Crippen MR) is 42.0 cm³/mol. The van der Waals surface area contributed by atoms with Crippen LogP contribution >= 0.6 is 12.2 Å². The van der Waals surface area contributed by atoms with Gasteiger partial charge in [-0.25, -0.2) is 9.59 Å². The number of hydrogen-bond acceptors (Lipinski definition) is 4. The first-order valence-corrected chi connectivity index (χ1v) is 3.26. The number of nitrogens with two attached hydrogens (primary N) is 1. The van der Waals surface area contributed by atoms with Crippen LogP contribution in [0.3, 0.4) is 0 Å². The van der Waals surface area contributed by atoms with E-state index in [4.69, 9.17) is 0 Å². The Bertz CT molecular complexity index is 192. The minimum Gasteiger partial charge on any atom is -0.461 e. The second-order valence-corrected chi connectivity index (χ2v) is 1.95. The van der Waals surface area contributed by atoms with Gasteiger partial charge in [0.2, 0.25) is 0 Å². The lowest BCUT2D eigenvalue weighted by Crippen LogP contribution is -2.39. The lowest BCUT2D eigenvalue weighted by molar-refractivity contribution is -0.135. The molecule has 0 rings (SSSR count). The second-order valence-electron chi connectivity index (χ2n) is 1.54. The molecule has 0 aliphatic carbocycles. The van der Waals surface area contributed by atoms with Gasteiger partial charge in [0.1, 0.15) is 0 Å². The molecule has 0 bridgehead atoms. The van der Waals surface area contributed by atoms with E-state index in [-0.39, 0.29) is 11.6 Å². The van der Waals surface area contributed by atoms with Crippen LogP contribution in [-0.2, 0) is 9.53 Å². The molecule has 0 heterocycles. The molecular formula is C5H8N2O3S. The Balaban J connectivity index is 3.83. The van der Waals surface area contributed by atoms with Crippen molar-refractivity contribution in [2.75, 3.05) is 6.61 Å². The van der Waals surface area contributed by atoms with Crippen molar-refractivity contribution >= 4 is 29.2 Å². The van der Waals surface area contributed by atoms with E-state index in [0.29, 0.717) is 0 Å². The molecule has 0 saturated heterocycles. The summed E-state index contributed by atoms with van der Waals surface area (Å²) in [6, 6.07) is -0.872. The number of ether oxygens (including phenoxy) is 1. The average Bonchev–Trinajstić information content (AvgIpc) is 1.86. The number of rotatable bonds is 1. The van der Waals surface area contributed by atoms with Crippen LogP contribution in [0.25, 0.3) is 0 Å². The number of esters is 1. The van der Waals surface area contributed by atoms with Gasteiger partial charge in [-0.1, -0.05) is 12.2 Å². The lowest BCUT2D eigenvalue weighted by atomic mass is 10.6. The summed E-state index contributed by atoms with van der Waals surface area (Å²) < 4.78 is 4.45. The van der Waals surface area contributed by atoms with Gasteiger partial charge in [-0.05, 0) is 6.92 Å². The quantitative estimate of drug-likeness (QED) is 0.418. The Morgan fingerprint density at radius 2 is 2.18 bits per heavy atom. The van der Waals surface area contributed by atoms with Crippen molar-refractivity contribution in [3.05, 3.63) is 0 Å². The molecule has 0 fully saturated rings. The van der Waals surface area contributed by atoms with Gasteiger partial charge in [0.05, 0.1) is 6.61 Å². The summed E-state index contributed by atoms with van der Waals surface area (Å²) in [4.78, 5) is 20.5. The predicted octanol–water partition coefficient (Wildman–Crippen LogP) is -0.455. The Labute approximate surface area is 68.9 Å². The van der Waals surface area contributed by atoms with Gasteiger partial charge in [-0.2, -0.15) is 0 Å². The van der Waals surface area contributed by atoms with Gasteiger partial charge in [-0.15, -0.1) is 0 Å². The third-order valence-electron chi connectivity index (χ3n) is 0.698. The molecule has 0 aromatic heterocycles. The molecule has 0 unspecified atom stereocenters. The highest BCUT2D eigenvalue weighted by Crippen LogP contribution is 1.80. The number of carbonyl (C=O) groups excluding carboxylic acids is 2. The van der Waals surface area contributed by atoms with Crippen molar-refractivity contribution in [2.24, 2.45) is 5.73 Å². The van der Waals surface area contributed by atoms with E-state index in [1.54, 1.807) is 6.92 Å². The first-order valence-electron chi connectivity index (χ1n) is 2.85. The largest absolute Gasteiger partial charge is 0.461 e. The fraction of sp³-hybridized carbons (Fsp3) is 0.400. The third-order valence-corrected chi connectivity index (χ3v) is 0.966. The molecule has 11 heavy (non-hydrogen) atoms. The van der Waals surface area contributed by atoms with Crippen molar-refractivity contribution in [2.45, 2.75) is 6.92 Å². The standard InChI is InChI=1S/C5H8N2O3S/c1-2-10-4(8)3(11)7-5(6)9/h2H2,1H3,(H3,6,7,9,11). The Morgan fingerprint density at radius 3 is 2.55 bits per heavy atom. The molecule has 0 saturated carbocycles. The first kappa shape index (κ1) is 9.83. The lowest BCUT2D eigenvalue weighted by Gasteiger charge is -2.01. The number of nitrogens with one attached hydrogen (secondary N) is 1. The highest BCUT2D eigenvalue weighted by Gasteiger charge is 2.10. The van der Waals surface area contributed by atoms with Crippen molar-refractivity contribution < 1.29 is 14.3 Å². The molecule has 3 N–H and O–H groups in total. The average molecular weight is 176 g/mol. The molecule has 0 atom stereocenters. The highest BCUT2D eigenvalue weighted by molar-refractivity contribution is 7.82. The Hall–Kier alpha value is -1.17. The summed E-state index contributed by atoms with van der Waals surface area (Å²) in [6.07, 6.45) is 0. The van der Waals surface area contributed by atoms with E-state index >= 15 is 0 Å². The van der Waals surface area contributed by atoms with E-state index in [0.717, 1.165) is 0 Å². The minimum absolute atomic E-state index is 0.208. The van der Waals surface area contributed by atoms with Gasteiger partial charge in [0, 0.05) is 0 Å². The van der Waals surface area contributed by atoms with Crippen LogP contribution in [0.15, 0.2) is 0 Å². The van der Waals surface area contributed by atoms with E-state index in [9.17, 15) is 9.59 Å². The number of carbonyl (C=O) groups is 2. The van der Waals surface area contributed by atoms with Gasteiger partial charge in [0.15, 0.2) is 4.99 Å². The van der Waals surface area contributed by atoms with Crippen LogP contribution in [0.1, 0.15) is 6.92 Å². The maximum Gasteiger partial charge on any atom is 0.366 e. The van der Waals surface area contributed by atoms with E-state index in [2.05, 4.69) is 22.7 Å². The van der Waals surface area contributed by atoms with Gasteiger partial charge in [0.25, 0.3) is 0 Å². The maximum atomic E-state index is 10.6. The molecule has 6 heteroatoms. The molecule has 0 aromatic carbocycles. The zero-order valence-electron chi connectivity index (χ0n) is 5.92. The van der Waals surface area contributed by atoms with Crippen LogP contribution in [0.4, 0.5) is 4.79 Å². The van der Waals surface area contributed by atoms with Crippen LogP contribution in [0, 0.1) is 0 Å². The first-order chi connectivity index (χ1) is 5.07. The van der Waals surface area contributed by atoms with Gasteiger partial charge in [-0.3, -0.25) is 5.32 Å². The van der Waals surface area contributed by atoms with Crippen molar-refractivity contribution in [3.63, 3.8) is 0 Å². The molecule has 0 spiro atoms. The summed E-state index contributed by atoms with van der Waals surface area (Å²) in [6.45, 7) is 1.84. The zero-order chi connectivity index (χ0) is 8.85. The summed E-state index contributed by atoms with van der Waals surface area (Å²) in [7, 11) is 0. The number of thiocarbonyl (C=S) groups is 1. The van der Waals surface area contributed by atoms with Crippen LogP contribution in [-0.4, -0.2) is 23.6 Å². The minimum atomic E-state index is -0.872. The molecule has 5 nitrogen and oxygen atoms in total. The molecule has 2 amide bonds. The normalized spacial score (nSPS) is 8.45. The summed E-state index contributed by atoms with van der Waals surface area (Å²) in [5.41, 5.74) is 4.68. The third kappa shape index (κ3) is 4.26. The maximum absolute atomic E-state index is 10.6. The fourth-order valence-corrected chi connectivity index (χ4v) is 0.519. The van der Waals surface area contributed by atoms with Crippen molar-refractivity contribution in [1.82, 2.24) is 5.32 Å². The molecule has 0 aromatic rings. The molecule has 62 valence electrons. The van der Waals surface area contributed by atoms with Crippen molar-refractivity contribution in [1.29, 1.82) is 0 Å². The van der Waals surface area contributed by atoms with E-state index < -0.39 is 12.0 Å². The molecular weight excluding hydrogens is 168 g/mol. The SMILES string of the molecule is CCOC(=O)C(=S)NC(N)=O. The monoisotopic (exact) mass is 176 g/mol.